The highest BCUT2D eigenvalue weighted by atomic mass is 35.6. The van der Waals surface area contributed by atoms with Gasteiger partial charge in [0.05, 0.1) is 6.10 Å². The van der Waals surface area contributed by atoms with Gasteiger partial charge < -0.3 is 4.74 Å². The monoisotopic (exact) mass is 190 g/mol. The molecule has 0 radical (unpaired) electrons. The second kappa shape index (κ2) is 3.87. The zero-order chi connectivity index (χ0) is 7.49. The Morgan fingerprint density at radius 1 is 1.44 bits per heavy atom. The van der Waals surface area contributed by atoms with Crippen LogP contribution in [-0.2, 0) is 4.74 Å². The molecule has 1 nitrogen and oxygen atoms in total. The maximum absolute atomic E-state index is 5.32. The molecule has 0 saturated carbocycles. The quantitative estimate of drug-likeness (QED) is 0.610. The van der Waals surface area contributed by atoms with Crippen molar-refractivity contribution in [3.05, 3.63) is 0 Å². The van der Waals surface area contributed by atoms with E-state index in [0.717, 1.165) is 6.42 Å². The van der Waals surface area contributed by atoms with Gasteiger partial charge in [-0.3, -0.25) is 0 Å². The van der Waals surface area contributed by atoms with Crippen molar-refractivity contribution in [2.45, 2.75) is 30.4 Å². The molecule has 0 aromatic rings. The summed E-state index contributed by atoms with van der Waals surface area (Å²) in [5.74, 6) is 0. The highest BCUT2D eigenvalue weighted by Crippen LogP contribution is 2.29. The summed E-state index contributed by atoms with van der Waals surface area (Å²) in [5.41, 5.74) is 0. The molecule has 0 aromatic carbocycles. The van der Waals surface area contributed by atoms with Crippen LogP contribution >= 0.6 is 34.8 Å². The average molecular weight is 191 g/mol. The van der Waals surface area contributed by atoms with Crippen LogP contribution in [0.5, 0.6) is 0 Å². The molecule has 56 valence electrons. The number of alkyl halides is 3. The number of rotatable bonds is 2. The third-order valence-corrected chi connectivity index (χ3v) is 1.18. The van der Waals surface area contributed by atoms with Crippen LogP contribution in [0.15, 0.2) is 0 Å². The summed E-state index contributed by atoms with van der Waals surface area (Å²) >= 11 is 15.9. The summed E-state index contributed by atoms with van der Waals surface area (Å²) in [5, 5.41) is 0. The van der Waals surface area contributed by atoms with Crippen LogP contribution < -0.4 is 0 Å². The molecule has 0 N–H and O–H groups in total. The fourth-order valence-electron chi connectivity index (χ4n) is 0.311. The lowest BCUT2D eigenvalue weighted by atomic mass is 10.3. The molecule has 0 rings (SSSR count). The predicted octanol–water partition coefficient (Wildman–Crippen LogP) is 3.13. The molecule has 0 aromatic heterocycles. The maximum atomic E-state index is 5.32. The minimum Gasteiger partial charge on any atom is -0.331 e. The van der Waals surface area contributed by atoms with Crippen LogP contribution in [0.3, 0.4) is 0 Å². The Morgan fingerprint density at radius 2 is 1.89 bits per heavy atom. The molecule has 0 bridgehead atoms. The number of hydrogen-bond acceptors (Lipinski definition) is 1. The summed E-state index contributed by atoms with van der Waals surface area (Å²) in [7, 11) is 0. The maximum Gasteiger partial charge on any atom is 0.297 e. The van der Waals surface area contributed by atoms with Crippen molar-refractivity contribution >= 4 is 34.8 Å². The average Bonchev–Trinajstić information content (AvgIpc) is 1.62. The second-order valence-electron chi connectivity index (χ2n) is 1.78. The molecule has 0 aliphatic heterocycles. The van der Waals surface area contributed by atoms with Gasteiger partial charge in [0.15, 0.2) is 0 Å². The van der Waals surface area contributed by atoms with E-state index in [0.29, 0.717) is 0 Å². The molecule has 0 aliphatic carbocycles. The number of halogens is 3. The largest absolute Gasteiger partial charge is 0.331 e. The van der Waals surface area contributed by atoms with Crippen molar-refractivity contribution in [2.24, 2.45) is 0 Å². The Bertz CT molecular complexity index is 78.8. The van der Waals surface area contributed by atoms with Crippen LogP contribution in [0.25, 0.3) is 0 Å². The Hall–Kier alpha value is 0.830. The zero-order valence-electron chi connectivity index (χ0n) is 5.33. The van der Waals surface area contributed by atoms with E-state index in [1.807, 2.05) is 13.8 Å². The van der Waals surface area contributed by atoms with Gasteiger partial charge in [-0.1, -0.05) is 41.7 Å². The van der Waals surface area contributed by atoms with Gasteiger partial charge in [0.1, 0.15) is 0 Å². The Labute approximate surface area is 70.2 Å². The normalized spacial score (nSPS) is 15.7. The van der Waals surface area contributed by atoms with E-state index < -0.39 is 3.98 Å². The van der Waals surface area contributed by atoms with Crippen molar-refractivity contribution in [3.8, 4) is 0 Å². The summed E-state index contributed by atoms with van der Waals surface area (Å²) in [4.78, 5) is 0. The molecular formula is C5H9Cl3O. The first kappa shape index (κ1) is 9.83. The van der Waals surface area contributed by atoms with E-state index in [4.69, 9.17) is 39.5 Å². The highest BCUT2D eigenvalue weighted by molar-refractivity contribution is 6.66. The fourth-order valence-corrected chi connectivity index (χ4v) is 0.768. The predicted molar refractivity (Wildman–Crippen MR) is 41.1 cm³/mol. The van der Waals surface area contributed by atoms with Crippen molar-refractivity contribution in [1.29, 1.82) is 0 Å². The second-order valence-corrected chi connectivity index (χ2v) is 3.96. The molecule has 0 aliphatic rings. The molecule has 0 heterocycles. The van der Waals surface area contributed by atoms with Gasteiger partial charge >= 0.3 is 0 Å². The summed E-state index contributed by atoms with van der Waals surface area (Å²) in [6.45, 7) is 3.81. The standard InChI is InChI=1S/C5H9Cl3O/c1-3-4(2)9-5(6,7)8/h4H,3H2,1-2H3. The Balaban J connectivity index is 3.47. The van der Waals surface area contributed by atoms with E-state index in [1.165, 1.54) is 0 Å². The van der Waals surface area contributed by atoms with Gasteiger partial charge in [-0.25, -0.2) is 0 Å². The lowest BCUT2D eigenvalue weighted by Gasteiger charge is -2.16. The Morgan fingerprint density at radius 3 is 2.00 bits per heavy atom. The van der Waals surface area contributed by atoms with Crippen LogP contribution in [-0.4, -0.2) is 10.1 Å². The molecule has 0 spiro atoms. The first-order valence-corrected chi connectivity index (χ1v) is 3.83. The first-order valence-electron chi connectivity index (χ1n) is 2.70. The van der Waals surface area contributed by atoms with E-state index in [2.05, 4.69) is 0 Å². The summed E-state index contributed by atoms with van der Waals surface area (Å²) in [6, 6.07) is 0. The first-order chi connectivity index (χ1) is 3.95. The van der Waals surface area contributed by atoms with Crippen LogP contribution in [0.2, 0.25) is 0 Å². The summed E-state index contributed by atoms with van der Waals surface area (Å²) in [6.07, 6.45) is 0.839. The molecular weight excluding hydrogens is 182 g/mol. The molecule has 1 unspecified atom stereocenters. The van der Waals surface area contributed by atoms with Gasteiger partial charge in [0.2, 0.25) is 0 Å². The van der Waals surface area contributed by atoms with E-state index in [1.54, 1.807) is 0 Å². The highest BCUT2D eigenvalue weighted by Gasteiger charge is 2.22. The van der Waals surface area contributed by atoms with Gasteiger partial charge in [-0.15, -0.1) is 0 Å². The third kappa shape index (κ3) is 6.72. The molecule has 0 fully saturated rings. The molecule has 1 atom stereocenters. The van der Waals surface area contributed by atoms with Gasteiger partial charge in [0, 0.05) is 0 Å². The van der Waals surface area contributed by atoms with Crippen molar-refractivity contribution in [2.75, 3.05) is 0 Å². The zero-order valence-corrected chi connectivity index (χ0v) is 7.59. The van der Waals surface area contributed by atoms with Crippen molar-refractivity contribution < 1.29 is 4.74 Å². The van der Waals surface area contributed by atoms with Crippen molar-refractivity contribution in [3.63, 3.8) is 0 Å². The minimum absolute atomic E-state index is 0.00231. The smallest absolute Gasteiger partial charge is 0.297 e. The van der Waals surface area contributed by atoms with Crippen molar-refractivity contribution in [1.82, 2.24) is 0 Å². The lowest BCUT2D eigenvalue weighted by Crippen LogP contribution is -2.17. The number of hydrogen-bond donors (Lipinski definition) is 0. The molecule has 4 heteroatoms. The van der Waals surface area contributed by atoms with E-state index in [-0.39, 0.29) is 6.10 Å². The number of ether oxygens (including phenoxy) is 1. The van der Waals surface area contributed by atoms with Crippen LogP contribution in [0.4, 0.5) is 0 Å². The minimum atomic E-state index is -1.56. The van der Waals surface area contributed by atoms with Gasteiger partial charge in [-0.05, 0) is 13.3 Å². The van der Waals surface area contributed by atoms with Crippen LogP contribution in [0, 0.1) is 0 Å². The molecule has 0 saturated heterocycles. The van der Waals surface area contributed by atoms with Crippen LogP contribution in [0.1, 0.15) is 20.3 Å². The third-order valence-electron chi connectivity index (χ3n) is 0.910. The Kier molecular flexibility index (Phi) is 4.22. The van der Waals surface area contributed by atoms with E-state index in [9.17, 15) is 0 Å². The molecule has 0 amide bonds. The lowest BCUT2D eigenvalue weighted by molar-refractivity contribution is 0.0583. The van der Waals surface area contributed by atoms with E-state index >= 15 is 0 Å². The van der Waals surface area contributed by atoms with Gasteiger partial charge in [0.25, 0.3) is 3.98 Å². The summed E-state index contributed by atoms with van der Waals surface area (Å²) < 4.78 is 3.32. The fraction of sp³-hybridized carbons (Fsp3) is 1.00. The molecule has 9 heavy (non-hydrogen) atoms. The SMILES string of the molecule is CCC(C)OC(Cl)(Cl)Cl. The van der Waals surface area contributed by atoms with Gasteiger partial charge in [-0.2, -0.15) is 0 Å². The topological polar surface area (TPSA) is 9.23 Å².